The van der Waals surface area contributed by atoms with Crippen LogP contribution in [0, 0.1) is 0 Å². The van der Waals surface area contributed by atoms with Crippen LogP contribution in [-0.4, -0.2) is 28.4 Å². The first-order valence-electron chi connectivity index (χ1n) is 10.0. The Morgan fingerprint density at radius 2 is 2.00 bits per heavy atom. The Bertz CT molecular complexity index is 1230. The summed E-state index contributed by atoms with van der Waals surface area (Å²) >= 11 is 0. The number of para-hydroxylation sites is 1. The number of hydrogen-bond acceptors (Lipinski definition) is 4. The van der Waals surface area contributed by atoms with Crippen LogP contribution in [-0.2, 0) is 11.2 Å². The molecule has 0 radical (unpaired) electrons. The molecule has 0 spiro atoms. The molecule has 2 aromatic carbocycles. The van der Waals surface area contributed by atoms with Crippen LogP contribution in [0.25, 0.3) is 16.9 Å². The predicted molar refractivity (Wildman–Crippen MR) is 118 cm³/mol. The van der Waals surface area contributed by atoms with Crippen LogP contribution in [0.5, 0.6) is 5.75 Å². The van der Waals surface area contributed by atoms with Gasteiger partial charge in [0.15, 0.2) is 18.0 Å². The van der Waals surface area contributed by atoms with Crippen LogP contribution < -0.4 is 15.4 Å². The van der Waals surface area contributed by atoms with Gasteiger partial charge in [-0.3, -0.25) is 4.79 Å². The lowest BCUT2D eigenvalue weighted by atomic mass is 10.0. The Balaban J connectivity index is 1.38. The number of ether oxygens (including phenoxy) is 1. The van der Waals surface area contributed by atoms with E-state index in [0.717, 1.165) is 29.8 Å². The van der Waals surface area contributed by atoms with E-state index in [-0.39, 0.29) is 12.5 Å². The van der Waals surface area contributed by atoms with Crippen LogP contribution >= 0.6 is 0 Å². The Morgan fingerprint density at radius 3 is 2.90 bits per heavy atom. The Kier molecular flexibility index (Phi) is 4.59. The van der Waals surface area contributed by atoms with Crippen LogP contribution in [0.15, 0.2) is 73.1 Å². The van der Waals surface area contributed by atoms with Crippen molar-refractivity contribution in [3.8, 4) is 17.0 Å². The molecule has 30 heavy (non-hydrogen) atoms. The van der Waals surface area contributed by atoms with E-state index in [9.17, 15) is 4.79 Å². The second-order valence-corrected chi connectivity index (χ2v) is 7.42. The van der Waals surface area contributed by atoms with E-state index in [2.05, 4.69) is 6.07 Å². The summed E-state index contributed by atoms with van der Waals surface area (Å²) in [7, 11) is 0. The molecule has 2 aromatic heterocycles. The molecule has 0 aliphatic carbocycles. The summed E-state index contributed by atoms with van der Waals surface area (Å²) in [5.41, 5.74) is 11.2. The topological polar surface area (TPSA) is 72.9 Å². The molecule has 6 heteroatoms. The zero-order chi connectivity index (χ0) is 20.5. The van der Waals surface area contributed by atoms with Crippen molar-refractivity contribution in [3.63, 3.8) is 0 Å². The summed E-state index contributed by atoms with van der Waals surface area (Å²) in [6.45, 7) is 0.681. The van der Waals surface area contributed by atoms with Gasteiger partial charge in [0.25, 0.3) is 5.91 Å². The SMILES string of the molecule is Nc1cccc(-c2cn3cccc(OCC(=O)N4CCCc5ccccc54)c3n2)c1. The van der Waals surface area contributed by atoms with Crippen molar-refractivity contribution in [2.75, 3.05) is 23.8 Å². The lowest BCUT2D eigenvalue weighted by molar-refractivity contribution is -0.120. The van der Waals surface area contributed by atoms with E-state index in [0.29, 0.717) is 23.6 Å². The molecule has 0 fully saturated rings. The third-order valence-electron chi connectivity index (χ3n) is 5.39. The fourth-order valence-corrected chi connectivity index (χ4v) is 3.95. The van der Waals surface area contributed by atoms with E-state index < -0.39 is 0 Å². The number of amides is 1. The molecule has 5 rings (SSSR count). The molecule has 0 unspecified atom stereocenters. The lowest BCUT2D eigenvalue weighted by Crippen LogP contribution is -2.38. The molecular weight excluding hydrogens is 376 g/mol. The van der Waals surface area contributed by atoms with Crippen LogP contribution in [0.4, 0.5) is 11.4 Å². The van der Waals surface area contributed by atoms with Crippen molar-refractivity contribution in [1.82, 2.24) is 9.38 Å². The number of rotatable bonds is 4. The Morgan fingerprint density at radius 1 is 1.10 bits per heavy atom. The first-order valence-corrected chi connectivity index (χ1v) is 10.0. The van der Waals surface area contributed by atoms with Crippen molar-refractivity contribution in [3.05, 3.63) is 78.6 Å². The second kappa shape index (κ2) is 7.55. The summed E-state index contributed by atoms with van der Waals surface area (Å²) in [4.78, 5) is 19.4. The van der Waals surface area contributed by atoms with Crippen LogP contribution in [0.1, 0.15) is 12.0 Å². The Hall–Kier alpha value is -3.80. The fraction of sp³-hybridized carbons (Fsp3) is 0.167. The largest absolute Gasteiger partial charge is 0.480 e. The van der Waals surface area contributed by atoms with Crippen LogP contribution in [0.2, 0.25) is 0 Å². The quantitative estimate of drug-likeness (QED) is 0.529. The van der Waals surface area contributed by atoms with Crippen molar-refractivity contribution in [1.29, 1.82) is 0 Å². The molecule has 1 amide bonds. The molecule has 0 bridgehead atoms. The molecular formula is C24H22N4O2. The third kappa shape index (κ3) is 3.37. The molecule has 150 valence electrons. The van der Waals surface area contributed by atoms with Gasteiger partial charge in [-0.15, -0.1) is 0 Å². The maximum atomic E-state index is 12.9. The average molecular weight is 398 g/mol. The summed E-state index contributed by atoms with van der Waals surface area (Å²) in [5.74, 6) is 0.526. The number of carbonyl (C=O) groups is 1. The number of nitrogen functional groups attached to an aromatic ring is 1. The third-order valence-corrected chi connectivity index (χ3v) is 5.39. The molecule has 1 aliphatic rings. The normalized spacial score (nSPS) is 13.3. The molecule has 6 nitrogen and oxygen atoms in total. The van der Waals surface area contributed by atoms with Gasteiger partial charge in [0.1, 0.15) is 0 Å². The van der Waals surface area contributed by atoms with Gasteiger partial charge < -0.3 is 19.8 Å². The number of nitrogens with two attached hydrogens (primary N) is 1. The van der Waals surface area contributed by atoms with E-state index in [1.54, 1.807) is 0 Å². The summed E-state index contributed by atoms with van der Waals surface area (Å²) in [6.07, 6.45) is 5.80. The van der Waals surface area contributed by atoms with Gasteiger partial charge in [-0.1, -0.05) is 30.3 Å². The lowest BCUT2D eigenvalue weighted by Gasteiger charge is -2.29. The first kappa shape index (κ1) is 18.2. The zero-order valence-corrected chi connectivity index (χ0v) is 16.5. The van der Waals surface area contributed by atoms with E-state index in [4.69, 9.17) is 15.5 Å². The predicted octanol–water partition coefficient (Wildman–Crippen LogP) is 3.94. The van der Waals surface area contributed by atoms with Crippen molar-refractivity contribution >= 4 is 22.9 Å². The zero-order valence-electron chi connectivity index (χ0n) is 16.5. The number of benzene rings is 2. The molecule has 4 aromatic rings. The first-order chi connectivity index (χ1) is 14.7. The molecule has 2 N–H and O–H groups in total. The smallest absolute Gasteiger partial charge is 0.264 e. The number of aromatic nitrogens is 2. The summed E-state index contributed by atoms with van der Waals surface area (Å²) in [6, 6.07) is 19.4. The van der Waals surface area contributed by atoms with Crippen LogP contribution in [0.3, 0.4) is 0 Å². The number of fused-ring (bicyclic) bond motifs is 2. The minimum absolute atomic E-state index is 0.0332. The standard InChI is InChI=1S/C24H22N4O2/c25-19-9-3-7-18(14-19)20-15-27-12-5-11-22(24(27)26-20)30-16-23(29)28-13-4-8-17-6-1-2-10-21(17)28/h1-3,5-7,9-12,14-15H,4,8,13,16,25H2. The maximum Gasteiger partial charge on any atom is 0.264 e. The highest BCUT2D eigenvalue weighted by Crippen LogP contribution is 2.28. The van der Waals surface area contributed by atoms with Gasteiger partial charge in [-0.2, -0.15) is 0 Å². The van der Waals surface area contributed by atoms with E-state index in [1.807, 2.05) is 76.3 Å². The van der Waals surface area contributed by atoms with Gasteiger partial charge in [-0.25, -0.2) is 4.98 Å². The van der Waals surface area contributed by atoms with Crippen molar-refractivity contribution in [2.24, 2.45) is 0 Å². The number of anilines is 2. The molecule has 3 heterocycles. The highest BCUT2D eigenvalue weighted by molar-refractivity contribution is 5.95. The van der Waals surface area contributed by atoms with Gasteiger partial charge in [0, 0.05) is 35.9 Å². The number of aryl methyl sites for hydroxylation is 1. The highest BCUT2D eigenvalue weighted by atomic mass is 16.5. The van der Waals surface area contributed by atoms with E-state index in [1.165, 1.54) is 5.56 Å². The van der Waals surface area contributed by atoms with Gasteiger partial charge in [-0.05, 0) is 48.7 Å². The average Bonchev–Trinajstić information content (AvgIpc) is 3.22. The van der Waals surface area contributed by atoms with Gasteiger partial charge in [0.05, 0.1) is 5.69 Å². The van der Waals surface area contributed by atoms with Gasteiger partial charge >= 0.3 is 0 Å². The molecule has 0 saturated carbocycles. The summed E-state index contributed by atoms with van der Waals surface area (Å²) in [5, 5.41) is 0. The minimum Gasteiger partial charge on any atom is -0.480 e. The van der Waals surface area contributed by atoms with E-state index >= 15 is 0 Å². The number of nitrogens with zero attached hydrogens (tertiary/aromatic N) is 3. The monoisotopic (exact) mass is 398 g/mol. The maximum absolute atomic E-state index is 12.9. The number of imidazole rings is 1. The Labute approximate surface area is 174 Å². The van der Waals surface area contributed by atoms with Crippen molar-refractivity contribution < 1.29 is 9.53 Å². The number of carbonyl (C=O) groups excluding carboxylic acids is 1. The summed E-state index contributed by atoms with van der Waals surface area (Å²) < 4.78 is 7.82. The highest BCUT2D eigenvalue weighted by Gasteiger charge is 2.22. The second-order valence-electron chi connectivity index (χ2n) is 7.42. The molecule has 1 aliphatic heterocycles. The molecule has 0 atom stereocenters. The van der Waals surface area contributed by atoms with Gasteiger partial charge in [0.2, 0.25) is 0 Å². The number of pyridine rings is 1. The minimum atomic E-state index is -0.0493. The number of hydrogen-bond donors (Lipinski definition) is 1. The fourth-order valence-electron chi connectivity index (χ4n) is 3.95. The molecule has 0 saturated heterocycles. The van der Waals surface area contributed by atoms with Crippen molar-refractivity contribution in [2.45, 2.75) is 12.8 Å².